The standard InChI is InChI=1S/C11H23NO2S/c1-5-9(3)15-8-7-10(12-6-2)11(13)14-4/h9-10,12H,5-8H2,1-4H3. The lowest BCUT2D eigenvalue weighted by molar-refractivity contribution is -0.143. The summed E-state index contributed by atoms with van der Waals surface area (Å²) in [5, 5.41) is 3.81. The van der Waals surface area contributed by atoms with Crippen molar-refractivity contribution in [3.63, 3.8) is 0 Å². The van der Waals surface area contributed by atoms with Crippen LogP contribution in [0.5, 0.6) is 0 Å². The molecular weight excluding hydrogens is 210 g/mol. The van der Waals surface area contributed by atoms with E-state index in [1.165, 1.54) is 13.5 Å². The molecule has 0 bridgehead atoms. The maximum Gasteiger partial charge on any atom is 0.322 e. The summed E-state index contributed by atoms with van der Waals surface area (Å²) < 4.78 is 4.74. The molecule has 0 aromatic carbocycles. The number of carbonyl (C=O) groups is 1. The van der Waals surface area contributed by atoms with Gasteiger partial charge in [-0.15, -0.1) is 0 Å². The molecule has 0 saturated carbocycles. The summed E-state index contributed by atoms with van der Waals surface area (Å²) in [4.78, 5) is 11.4. The molecule has 0 aromatic heterocycles. The van der Waals surface area contributed by atoms with Gasteiger partial charge in [-0.25, -0.2) is 0 Å². The summed E-state index contributed by atoms with van der Waals surface area (Å²) in [5.41, 5.74) is 0. The van der Waals surface area contributed by atoms with Gasteiger partial charge in [0.25, 0.3) is 0 Å². The van der Waals surface area contributed by atoms with Crippen molar-refractivity contribution in [2.45, 2.75) is 44.9 Å². The van der Waals surface area contributed by atoms with E-state index >= 15 is 0 Å². The maximum atomic E-state index is 11.4. The summed E-state index contributed by atoms with van der Waals surface area (Å²) in [6, 6.07) is -0.142. The van der Waals surface area contributed by atoms with Crippen molar-refractivity contribution in [2.24, 2.45) is 0 Å². The SMILES string of the molecule is CCNC(CCSC(C)CC)C(=O)OC. The van der Waals surface area contributed by atoms with Gasteiger partial charge in [-0.3, -0.25) is 4.79 Å². The van der Waals surface area contributed by atoms with E-state index in [1.807, 2.05) is 18.7 Å². The molecule has 0 amide bonds. The number of rotatable bonds is 8. The normalized spacial score (nSPS) is 14.7. The number of hydrogen-bond donors (Lipinski definition) is 1. The molecule has 90 valence electrons. The van der Waals surface area contributed by atoms with Gasteiger partial charge in [0.1, 0.15) is 6.04 Å². The highest BCUT2D eigenvalue weighted by atomic mass is 32.2. The Balaban J connectivity index is 3.80. The molecule has 0 saturated heterocycles. The molecule has 4 heteroatoms. The van der Waals surface area contributed by atoms with Crippen LogP contribution in [-0.2, 0) is 9.53 Å². The van der Waals surface area contributed by atoms with Crippen molar-refractivity contribution in [3.8, 4) is 0 Å². The van der Waals surface area contributed by atoms with Gasteiger partial charge in [-0.2, -0.15) is 11.8 Å². The van der Waals surface area contributed by atoms with Gasteiger partial charge in [0.05, 0.1) is 7.11 Å². The first-order valence-electron chi connectivity index (χ1n) is 5.58. The van der Waals surface area contributed by atoms with E-state index in [1.54, 1.807) is 0 Å². The molecule has 2 atom stereocenters. The minimum atomic E-state index is -0.151. The molecule has 0 spiro atoms. The van der Waals surface area contributed by atoms with E-state index in [4.69, 9.17) is 4.74 Å². The van der Waals surface area contributed by atoms with E-state index in [0.29, 0.717) is 5.25 Å². The first-order chi connectivity index (χ1) is 7.15. The highest BCUT2D eigenvalue weighted by molar-refractivity contribution is 7.99. The molecule has 0 aliphatic heterocycles. The molecular formula is C11H23NO2S. The first kappa shape index (κ1) is 14.8. The lowest BCUT2D eigenvalue weighted by Crippen LogP contribution is -2.38. The van der Waals surface area contributed by atoms with Crippen LogP contribution in [0.1, 0.15) is 33.6 Å². The second-order valence-corrected chi connectivity index (χ2v) is 5.06. The van der Waals surface area contributed by atoms with Gasteiger partial charge in [0, 0.05) is 5.25 Å². The number of nitrogens with one attached hydrogen (secondary N) is 1. The zero-order chi connectivity index (χ0) is 11.7. The lowest BCUT2D eigenvalue weighted by Gasteiger charge is -2.16. The fourth-order valence-corrected chi connectivity index (χ4v) is 2.21. The third kappa shape index (κ3) is 6.79. The predicted molar refractivity (Wildman–Crippen MR) is 66.3 cm³/mol. The number of carbonyl (C=O) groups excluding carboxylic acids is 1. The van der Waals surface area contributed by atoms with E-state index in [2.05, 4.69) is 19.2 Å². The topological polar surface area (TPSA) is 38.3 Å². The van der Waals surface area contributed by atoms with Crippen molar-refractivity contribution >= 4 is 17.7 Å². The van der Waals surface area contributed by atoms with Gasteiger partial charge in [-0.05, 0) is 25.1 Å². The molecule has 15 heavy (non-hydrogen) atoms. The van der Waals surface area contributed by atoms with Gasteiger partial charge in [-0.1, -0.05) is 20.8 Å². The molecule has 0 aliphatic carbocycles. The smallest absolute Gasteiger partial charge is 0.322 e. The molecule has 0 aromatic rings. The van der Waals surface area contributed by atoms with Crippen LogP contribution < -0.4 is 5.32 Å². The minimum Gasteiger partial charge on any atom is -0.468 e. The average Bonchev–Trinajstić information content (AvgIpc) is 2.26. The van der Waals surface area contributed by atoms with Crippen molar-refractivity contribution in [1.29, 1.82) is 0 Å². The maximum absolute atomic E-state index is 11.4. The Morgan fingerprint density at radius 3 is 2.60 bits per heavy atom. The molecule has 0 aliphatic rings. The number of ether oxygens (including phenoxy) is 1. The fraction of sp³-hybridized carbons (Fsp3) is 0.909. The van der Waals surface area contributed by atoms with E-state index < -0.39 is 0 Å². The Morgan fingerprint density at radius 2 is 2.13 bits per heavy atom. The molecule has 2 unspecified atom stereocenters. The molecule has 0 radical (unpaired) electrons. The summed E-state index contributed by atoms with van der Waals surface area (Å²) in [6.45, 7) is 7.19. The number of hydrogen-bond acceptors (Lipinski definition) is 4. The second kappa shape index (κ2) is 9.04. The zero-order valence-corrected chi connectivity index (χ0v) is 11.0. The Bertz CT molecular complexity index is 176. The summed E-state index contributed by atoms with van der Waals surface area (Å²) in [6.07, 6.45) is 2.02. The van der Waals surface area contributed by atoms with Crippen LogP contribution in [0.25, 0.3) is 0 Å². The van der Waals surface area contributed by atoms with Crippen molar-refractivity contribution in [1.82, 2.24) is 5.32 Å². The monoisotopic (exact) mass is 233 g/mol. The summed E-state index contributed by atoms with van der Waals surface area (Å²) in [7, 11) is 1.44. The molecule has 3 nitrogen and oxygen atoms in total. The third-order valence-corrected chi connectivity index (χ3v) is 3.69. The van der Waals surface area contributed by atoms with Gasteiger partial charge >= 0.3 is 5.97 Å². The van der Waals surface area contributed by atoms with Crippen molar-refractivity contribution in [3.05, 3.63) is 0 Å². The van der Waals surface area contributed by atoms with Crippen LogP contribution in [-0.4, -0.2) is 36.7 Å². The van der Waals surface area contributed by atoms with Crippen LogP contribution in [0, 0.1) is 0 Å². The van der Waals surface area contributed by atoms with E-state index in [-0.39, 0.29) is 12.0 Å². The first-order valence-corrected chi connectivity index (χ1v) is 6.63. The predicted octanol–water partition coefficient (Wildman–Crippen LogP) is 2.06. The highest BCUT2D eigenvalue weighted by Gasteiger charge is 2.17. The number of methoxy groups -OCH3 is 1. The number of thioether (sulfide) groups is 1. The average molecular weight is 233 g/mol. The Labute approximate surface area is 97.3 Å². The Morgan fingerprint density at radius 1 is 1.47 bits per heavy atom. The van der Waals surface area contributed by atoms with Gasteiger partial charge in [0.2, 0.25) is 0 Å². The summed E-state index contributed by atoms with van der Waals surface area (Å²) in [5.74, 6) is 0.850. The fourth-order valence-electron chi connectivity index (χ4n) is 1.20. The Kier molecular flexibility index (Phi) is 8.91. The zero-order valence-electron chi connectivity index (χ0n) is 10.2. The van der Waals surface area contributed by atoms with Crippen LogP contribution in [0.2, 0.25) is 0 Å². The molecule has 0 rings (SSSR count). The van der Waals surface area contributed by atoms with Crippen LogP contribution in [0.3, 0.4) is 0 Å². The van der Waals surface area contributed by atoms with Crippen LogP contribution in [0.4, 0.5) is 0 Å². The summed E-state index contributed by atoms with van der Waals surface area (Å²) >= 11 is 1.91. The minimum absolute atomic E-state index is 0.142. The molecule has 0 fully saturated rings. The highest BCUT2D eigenvalue weighted by Crippen LogP contribution is 2.15. The van der Waals surface area contributed by atoms with E-state index in [9.17, 15) is 4.79 Å². The number of likely N-dealkylation sites (N-methyl/N-ethyl adjacent to an activating group) is 1. The third-order valence-electron chi connectivity index (χ3n) is 2.32. The molecule has 1 N–H and O–H groups in total. The lowest BCUT2D eigenvalue weighted by atomic mass is 10.2. The largest absolute Gasteiger partial charge is 0.468 e. The number of esters is 1. The molecule has 0 heterocycles. The van der Waals surface area contributed by atoms with Gasteiger partial charge in [0.15, 0.2) is 0 Å². The van der Waals surface area contributed by atoms with Crippen molar-refractivity contribution in [2.75, 3.05) is 19.4 Å². The van der Waals surface area contributed by atoms with Crippen LogP contribution >= 0.6 is 11.8 Å². The quantitative estimate of drug-likeness (QED) is 0.651. The van der Waals surface area contributed by atoms with Crippen LogP contribution in [0.15, 0.2) is 0 Å². The van der Waals surface area contributed by atoms with Crippen molar-refractivity contribution < 1.29 is 9.53 Å². The van der Waals surface area contributed by atoms with E-state index in [0.717, 1.165) is 18.7 Å². The second-order valence-electron chi connectivity index (χ2n) is 3.51. The van der Waals surface area contributed by atoms with Gasteiger partial charge < -0.3 is 10.1 Å². The Hall–Kier alpha value is -0.220.